The van der Waals surface area contributed by atoms with Crippen LogP contribution >= 0.6 is 0 Å². The van der Waals surface area contributed by atoms with E-state index >= 15 is 0 Å². The summed E-state index contributed by atoms with van der Waals surface area (Å²) < 4.78 is 11.0. The van der Waals surface area contributed by atoms with Gasteiger partial charge < -0.3 is 9.15 Å². The SMILES string of the molecule is COc1cc(C)c(CN2CCN(Cc3nc(C)c(C)o3)CC2)c(C)n1. The van der Waals surface area contributed by atoms with E-state index in [-0.39, 0.29) is 0 Å². The number of hydrogen-bond donors (Lipinski definition) is 0. The Balaban J connectivity index is 1.56. The Morgan fingerprint density at radius 3 is 2.12 bits per heavy atom. The van der Waals surface area contributed by atoms with E-state index in [2.05, 4.69) is 33.6 Å². The van der Waals surface area contributed by atoms with E-state index in [0.717, 1.165) is 62.3 Å². The summed E-state index contributed by atoms with van der Waals surface area (Å²) in [5.74, 6) is 2.45. The van der Waals surface area contributed by atoms with Gasteiger partial charge in [-0.2, -0.15) is 0 Å². The molecule has 6 nitrogen and oxygen atoms in total. The Labute approximate surface area is 149 Å². The zero-order chi connectivity index (χ0) is 18.0. The Morgan fingerprint density at radius 1 is 0.960 bits per heavy atom. The zero-order valence-corrected chi connectivity index (χ0v) is 15.9. The van der Waals surface area contributed by atoms with Crippen LogP contribution in [0.4, 0.5) is 0 Å². The molecule has 0 amide bonds. The molecular formula is C19H28N4O2. The molecule has 0 bridgehead atoms. The first-order valence-electron chi connectivity index (χ1n) is 8.85. The molecule has 2 aromatic rings. The first-order chi connectivity index (χ1) is 12.0. The van der Waals surface area contributed by atoms with E-state index in [1.54, 1.807) is 7.11 Å². The van der Waals surface area contributed by atoms with E-state index in [9.17, 15) is 0 Å². The van der Waals surface area contributed by atoms with Crippen LogP contribution in [-0.2, 0) is 13.1 Å². The first-order valence-corrected chi connectivity index (χ1v) is 8.85. The minimum Gasteiger partial charge on any atom is -0.481 e. The number of rotatable bonds is 5. The molecule has 0 radical (unpaired) electrons. The predicted octanol–water partition coefficient (Wildman–Crippen LogP) is 2.63. The Hall–Kier alpha value is -1.92. The van der Waals surface area contributed by atoms with Gasteiger partial charge in [-0.25, -0.2) is 9.97 Å². The van der Waals surface area contributed by atoms with Crippen molar-refractivity contribution in [2.45, 2.75) is 40.8 Å². The Morgan fingerprint density at radius 2 is 1.60 bits per heavy atom. The summed E-state index contributed by atoms with van der Waals surface area (Å²) in [5, 5.41) is 0. The summed E-state index contributed by atoms with van der Waals surface area (Å²) in [6.07, 6.45) is 0. The number of nitrogens with zero attached hydrogens (tertiary/aromatic N) is 4. The number of piperazine rings is 1. The van der Waals surface area contributed by atoms with Crippen molar-refractivity contribution in [3.8, 4) is 5.88 Å². The fraction of sp³-hybridized carbons (Fsp3) is 0.579. The quantitative estimate of drug-likeness (QED) is 0.831. The average Bonchev–Trinajstić information content (AvgIpc) is 2.90. The molecule has 0 aromatic carbocycles. The lowest BCUT2D eigenvalue weighted by Gasteiger charge is -2.34. The van der Waals surface area contributed by atoms with Crippen molar-refractivity contribution in [3.05, 3.63) is 40.2 Å². The third-order valence-electron chi connectivity index (χ3n) is 5.02. The number of pyridine rings is 1. The highest BCUT2D eigenvalue weighted by atomic mass is 16.5. The number of hydrogen-bond acceptors (Lipinski definition) is 6. The predicted molar refractivity (Wildman–Crippen MR) is 96.8 cm³/mol. The molecule has 3 heterocycles. The lowest BCUT2D eigenvalue weighted by Crippen LogP contribution is -2.45. The second-order valence-electron chi connectivity index (χ2n) is 6.85. The molecule has 0 aliphatic carbocycles. The molecule has 0 unspecified atom stereocenters. The minimum atomic E-state index is 0.695. The van der Waals surface area contributed by atoms with Crippen LogP contribution in [0.15, 0.2) is 10.5 Å². The molecule has 0 N–H and O–H groups in total. The van der Waals surface area contributed by atoms with Crippen molar-refractivity contribution in [2.75, 3.05) is 33.3 Å². The molecule has 25 heavy (non-hydrogen) atoms. The molecule has 1 fully saturated rings. The summed E-state index contributed by atoms with van der Waals surface area (Å²) in [6.45, 7) is 14.1. The molecule has 0 spiro atoms. The molecule has 1 aliphatic rings. The standard InChI is InChI=1S/C19H28N4O2/c1-13-10-18(24-5)21-15(3)17(13)11-22-6-8-23(9-7-22)12-19-20-14(2)16(4)25-19/h10H,6-9,11-12H2,1-5H3. The van der Waals surface area contributed by atoms with Crippen molar-refractivity contribution in [2.24, 2.45) is 0 Å². The maximum atomic E-state index is 5.71. The van der Waals surface area contributed by atoms with Gasteiger partial charge in [0.05, 0.1) is 19.3 Å². The van der Waals surface area contributed by atoms with Crippen LogP contribution in [0.5, 0.6) is 5.88 Å². The number of aromatic nitrogens is 2. The Kier molecular flexibility index (Phi) is 5.39. The summed E-state index contributed by atoms with van der Waals surface area (Å²) >= 11 is 0. The first kappa shape index (κ1) is 17.9. The van der Waals surface area contributed by atoms with Gasteiger partial charge in [0.2, 0.25) is 11.8 Å². The monoisotopic (exact) mass is 344 g/mol. The normalized spacial score (nSPS) is 16.4. The van der Waals surface area contributed by atoms with Gasteiger partial charge in [0.15, 0.2) is 0 Å². The van der Waals surface area contributed by atoms with Crippen molar-refractivity contribution >= 4 is 0 Å². The van der Waals surface area contributed by atoms with Gasteiger partial charge >= 0.3 is 0 Å². The van der Waals surface area contributed by atoms with E-state index < -0.39 is 0 Å². The lowest BCUT2D eigenvalue weighted by atomic mass is 10.1. The van der Waals surface area contributed by atoms with Crippen molar-refractivity contribution in [1.82, 2.24) is 19.8 Å². The van der Waals surface area contributed by atoms with Gasteiger partial charge in [-0.15, -0.1) is 0 Å². The van der Waals surface area contributed by atoms with Crippen LogP contribution in [0.25, 0.3) is 0 Å². The minimum absolute atomic E-state index is 0.695. The molecule has 0 saturated carbocycles. The lowest BCUT2D eigenvalue weighted by molar-refractivity contribution is 0.114. The largest absolute Gasteiger partial charge is 0.481 e. The van der Waals surface area contributed by atoms with Crippen molar-refractivity contribution < 1.29 is 9.15 Å². The van der Waals surface area contributed by atoms with Gasteiger partial charge in [-0.3, -0.25) is 9.80 Å². The summed E-state index contributed by atoms with van der Waals surface area (Å²) in [6, 6.07) is 2.02. The molecule has 0 atom stereocenters. The van der Waals surface area contributed by atoms with E-state index in [1.165, 1.54) is 11.1 Å². The third kappa shape index (κ3) is 4.19. The van der Waals surface area contributed by atoms with Crippen LogP contribution in [0.2, 0.25) is 0 Å². The second kappa shape index (κ2) is 7.54. The third-order valence-corrected chi connectivity index (χ3v) is 5.02. The van der Waals surface area contributed by atoms with E-state index in [4.69, 9.17) is 9.15 Å². The van der Waals surface area contributed by atoms with Crippen LogP contribution in [0.3, 0.4) is 0 Å². The van der Waals surface area contributed by atoms with Crippen molar-refractivity contribution in [3.63, 3.8) is 0 Å². The van der Waals surface area contributed by atoms with Gasteiger partial charge in [-0.1, -0.05) is 0 Å². The molecule has 136 valence electrons. The van der Waals surface area contributed by atoms with Crippen LogP contribution in [0, 0.1) is 27.7 Å². The van der Waals surface area contributed by atoms with Crippen molar-refractivity contribution in [1.29, 1.82) is 0 Å². The molecular weight excluding hydrogens is 316 g/mol. The van der Waals surface area contributed by atoms with Gasteiger partial charge in [0.1, 0.15) is 5.76 Å². The highest BCUT2D eigenvalue weighted by Gasteiger charge is 2.20. The molecule has 1 saturated heterocycles. The maximum Gasteiger partial charge on any atom is 0.213 e. The zero-order valence-electron chi connectivity index (χ0n) is 15.9. The van der Waals surface area contributed by atoms with E-state index in [1.807, 2.05) is 19.9 Å². The van der Waals surface area contributed by atoms with E-state index in [0.29, 0.717) is 5.88 Å². The fourth-order valence-corrected chi connectivity index (χ4v) is 3.29. The molecule has 1 aliphatic heterocycles. The molecule has 6 heteroatoms. The molecule has 2 aromatic heterocycles. The topological polar surface area (TPSA) is 54.6 Å². The highest BCUT2D eigenvalue weighted by Crippen LogP contribution is 2.20. The summed E-state index contributed by atoms with van der Waals surface area (Å²) in [4.78, 5) is 13.9. The summed E-state index contributed by atoms with van der Waals surface area (Å²) in [5.41, 5.74) is 4.61. The second-order valence-corrected chi connectivity index (χ2v) is 6.85. The van der Waals surface area contributed by atoms with Gasteiger partial charge in [0, 0.05) is 44.5 Å². The maximum absolute atomic E-state index is 5.71. The average molecular weight is 344 g/mol. The van der Waals surface area contributed by atoms with Crippen LogP contribution in [0.1, 0.15) is 34.2 Å². The number of aryl methyl sites for hydroxylation is 4. The van der Waals surface area contributed by atoms with Crippen LogP contribution in [-0.4, -0.2) is 53.1 Å². The highest BCUT2D eigenvalue weighted by molar-refractivity contribution is 5.33. The Bertz CT molecular complexity index is 691. The molecule has 3 rings (SSSR count). The van der Waals surface area contributed by atoms with Crippen LogP contribution < -0.4 is 4.74 Å². The number of methoxy groups -OCH3 is 1. The summed E-state index contributed by atoms with van der Waals surface area (Å²) in [7, 11) is 1.66. The number of oxazole rings is 1. The fourth-order valence-electron chi connectivity index (χ4n) is 3.29. The number of ether oxygens (including phenoxy) is 1. The van der Waals surface area contributed by atoms with Gasteiger partial charge in [0.25, 0.3) is 0 Å². The van der Waals surface area contributed by atoms with Gasteiger partial charge in [-0.05, 0) is 38.8 Å². The smallest absolute Gasteiger partial charge is 0.213 e.